The van der Waals surface area contributed by atoms with Crippen LogP contribution in [0.5, 0.6) is 0 Å². The molecule has 0 amide bonds. The molecule has 1 aromatic rings. The molecule has 1 heterocycles. The lowest BCUT2D eigenvalue weighted by molar-refractivity contribution is 0.290. The van der Waals surface area contributed by atoms with Crippen molar-refractivity contribution in [3.63, 3.8) is 0 Å². The molecule has 0 saturated heterocycles. The maximum absolute atomic E-state index is 11.8. The highest BCUT2D eigenvalue weighted by atomic mass is 32.2. The van der Waals surface area contributed by atoms with E-state index in [2.05, 4.69) is 4.98 Å². The SMILES string of the molecule is Cc1ncsc1CN(C)S(=O)(=O)C(C)CO. The zero-order valence-electron chi connectivity index (χ0n) is 9.54. The van der Waals surface area contributed by atoms with Crippen LogP contribution >= 0.6 is 11.3 Å². The first-order chi connectivity index (χ1) is 7.39. The second-order valence-electron chi connectivity index (χ2n) is 3.66. The molecule has 0 aliphatic carbocycles. The zero-order chi connectivity index (χ0) is 12.3. The third kappa shape index (κ3) is 2.79. The summed E-state index contributed by atoms with van der Waals surface area (Å²) in [5.41, 5.74) is 2.55. The first kappa shape index (κ1) is 13.6. The fourth-order valence-electron chi connectivity index (χ4n) is 1.17. The van der Waals surface area contributed by atoms with Crippen molar-refractivity contribution in [1.29, 1.82) is 0 Å². The van der Waals surface area contributed by atoms with Crippen molar-refractivity contribution < 1.29 is 13.5 Å². The Hall–Kier alpha value is -0.500. The van der Waals surface area contributed by atoms with Crippen molar-refractivity contribution in [3.05, 3.63) is 16.1 Å². The normalized spacial score (nSPS) is 14.3. The Labute approximate surface area is 99.8 Å². The number of aliphatic hydroxyl groups excluding tert-OH is 1. The summed E-state index contributed by atoms with van der Waals surface area (Å²) in [6.45, 7) is 3.28. The van der Waals surface area contributed by atoms with Gasteiger partial charge in [0.05, 0.1) is 23.1 Å². The first-order valence-corrected chi connectivity index (χ1v) is 7.22. The van der Waals surface area contributed by atoms with Crippen LogP contribution in [0.2, 0.25) is 0 Å². The molecule has 0 fully saturated rings. The molecule has 1 unspecified atom stereocenters. The molecule has 0 aliphatic rings. The molecule has 0 aliphatic heterocycles. The summed E-state index contributed by atoms with van der Waals surface area (Å²) < 4.78 is 25.0. The molecule has 0 aromatic carbocycles. The minimum absolute atomic E-state index is 0.309. The van der Waals surface area contributed by atoms with Gasteiger partial charge in [-0.2, -0.15) is 4.31 Å². The maximum Gasteiger partial charge on any atom is 0.219 e. The largest absolute Gasteiger partial charge is 0.395 e. The summed E-state index contributed by atoms with van der Waals surface area (Å²) in [6, 6.07) is 0. The maximum atomic E-state index is 11.8. The summed E-state index contributed by atoms with van der Waals surface area (Å²) in [4.78, 5) is 4.99. The summed E-state index contributed by atoms with van der Waals surface area (Å²) in [5.74, 6) is 0. The van der Waals surface area contributed by atoms with E-state index in [1.54, 1.807) is 5.51 Å². The van der Waals surface area contributed by atoms with Crippen molar-refractivity contribution in [2.24, 2.45) is 0 Å². The van der Waals surface area contributed by atoms with Gasteiger partial charge in [0.25, 0.3) is 0 Å². The average molecular weight is 264 g/mol. The molecule has 0 radical (unpaired) electrons. The Balaban J connectivity index is 2.80. The van der Waals surface area contributed by atoms with Gasteiger partial charge in [-0.1, -0.05) is 0 Å². The minimum Gasteiger partial charge on any atom is -0.395 e. The van der Waals surface area contributed by atoms with Crippen LogP contribution in [0.1, 0.15) is 17.5 Å². The second kappa shape index (κ2) is 5.22. The third-order valence-corrected chi connectivity index (χ3v) is 5.49. The topological polar surface area (TPSA) is 70.5 Å². The van der Waals surface area contributed by atoms with Crippen molar-refractivity contribution in [2.45, 2.75) is 25.6 Å². The Morgan fingerprint density at radius 1 is 1.62 bits per heavy atom. The predicted molar refractivity (Wildman–Crippen MR) is 63.8 cm³/mol. The van der Waals surface area contributed by atoms with Crippen LogP contribution in [-0.2, 0) is 16.6 Å². The lowest BCUT2D eigenvalue weighted by atomic mass is 10.4. The Bertz CT molecular complexity index is 441. The van der Waals surface area contributed by atoms with E-state index in [4.69, 9.17) is 5.11 Å². The Morgan fingerprint density at radius 3 is 2.69 bits per heavy atom. The van der Waals surface area contributed by atoms with Gasteiger partial charge < -0.3 is 5.11 Å². The van der Waals surface area contributed by atoms with Gasteiger partial charge in [-0.3, -0.25) is 0 Å². The minimum atomic E-state index is -3.42. The van der Waals surface area contributed by atoms with Crippen LogP contribution < -0.4 is 0 Å². The lowest BCUT2D eigenvalue weighted by Gasteiger charge is -2.20. The van der Waals surface area contributed by atoms with E-state index >= 15 is 0 Å². The first-order valence-electron chi connectivity index (χ1n) is 4.84. The molecular weight excluding hydrogens is 248 g/mol. The number of nitrogens with zero attached hydrogens (tertiary/aromatic N) is 2. The Kier molecular flexibility index (Phi) is 4.43. The molecule has 1 aromatic heterocycles. The lowest BCUT2D eigenvalue weighted by Crippen LogP contribution is -2.35. The predicted octanol–water partition coefficient (Wildman–Crippen LogP) is 0.594. The number of aliphatic hydroxyl groups is 1. The number of aryl methyl sites for hydroxylation is 1. The molecule has 1 rings (SSSR count). The molecule has 16 heavy (non-hydrogen) atoms. The fraction of sp³-hybridized carbons (Fsp3) is 0.667. The van der Waals surface area contributed by atoms with Crippen molar-refractivity contribution in [3.8, 4) is 0 Å². The van der Waals surface area contributed by atoms with Gasteiger partial charge in [0, 0.05) is 18.5 Å². The van der Waals surface area contributed by atoms with E-state index in [0.717, 1.165) is 10.6 Å². The molecule has 1 N–H and O–H groups in total. The van der Waals surface area contributed by atoms with Crippen LogP contribution in [0.3, 0.4) is 0 Å². The van der Waals surface area contributed by atoms with Gasteiger partial charge >= 0.3 is 0 Å². The van der Waals surface area contributed by atoms with E-state index in [-0.39, 0.29) is 6.61 Å². The standard InChI is InChI=1S/C9H16N2O3S2/c1-7(5-12)16(13,14)11(3)4-9-8(2)10-6-15-9/h6-7,12H,4-5H2,1-3H3. The smallest absolute Gasteiger partial charge is 0.219 e. The highest BCUT2D eigenvalue weighted by Gasteiger charge is 2.25. The average Bonchev–Trinajstić information content (AvgIpc) is 2.63. The summed E-state index contributed by atoms with van der Waals surface area (Å²) in [7, 11) is -1.91. The van der Waals surface area contributed by atoms with Crippen molar-refractivity contribution in [2.75, 3.05) is 13.7 Å². The second-order valence-corrected chi connectivity index (χ2v) is 7.05. The van der Waals surface area contributed by atoms with Crippen LogP contribution in [0, 0.1) is 6.92 Å². The van der Waals surface area contributed by atoms with E-state index in [0.29, 0.717) is 6.54 Å². The van der Waals surface area contributed by atoms with E-state index in [1.165, 1.54) is 29.6 Å². The van der Waals surface area contributed by atoms with E-state index < -0.39 is 15.3 Å². The quantitative estimate of drug-likeness (QED) is 0.845. The van der Waals surface area contributed by atoms with E-state index in [1.807, 2.05) is 6.92 Å². The highest BCUT2D eigenvalue weighted by molar-refractivity contribution is 7.89. The van der Waals surface area contributed by atoms with Crippen LogP contribution in [0.4, 0.5) is 0 Å². The van der Waals surface area contributed by atoms with Crippen LogP contribution in [-0.4, -0.2) is 41.7 Å². The zero-order valence-corrected chi connectivity index (χ0v) is 11.2. The molecule has 92 valence electrons. The highest BCUT2D eigenvalue weighted by Crippen LogP contribution is 2.17. The number of hydrogen-bond donors (Lipinski definition) is 1. The summed E-state index contributed by atoms with van der Waals surface area (Å²) in [6.07, 6.45) is 0. The van der Waals surface area contributed by atoms with Gasteiger partial charge in [0.2, 0.25) is 10.0 Å². The molecule has 5 nitrogen and oxygen atoms in total. The van der Waals surface area contributed by atoms with Gasteiger partial charge in [-0.15, -0.1) is 11.3 Å². The summed E-state index contributed by atoms with van der Waals surface area (Å²) in [5, 5.41) is 8.11. The molecule has 0 saturated carbocycles. The fourth-order valence-corrected chi connectivity index (χ4v) is 3.19. The van der Waals surface area contributed by atoms with Gasteiger partial charge in [0.1, 0.15) is 0 Å². The van der Waals surface area contributed by atoms with Crippen LogP contribution in [0.15, 0.2) is 5.51 Å². The third-order valence-electron chi connectivity index (χ3n) is 2.41. The number of aromatic nitrogens is 1. The number of hydrogen-bond acceptors (Lipinski definition) is 5. The van der Waals surface area contributed by atoms with Crippen molar-refractivity contribution in [1.82, 2.24) is 9.29 Å². The van der Waals surface area contributed by atoms with E-state index in [9.17, 15) is 8.42 Å². The molecule has 0 spiro atoms. The van der Waals surface area contributed by atoms with Gasteiger partial charge in [-0.05, 0) is 13.8 Å². The molecule has 7 heteroatoms. The summed E-state index contributed by atoms with van der Waals surface area (Å²) >= 11 is 1.43. The Morgan fingerprint density at radius 2 is 2.25 bits per heavy atom. The molecular formula is C9H16N2O3S2. The number of sulfonamides is 1. The number of rotatable bonds is 5. The van der Waals surface area contributed by atoms with Crippen LogP contribution in [0.25, 0.3) is 0 Å². The van der Waals surface area contributed by atoms with Gasteiger partial charge in [0.15, 0.2) is 0 Å². The molecule has 0 bridgehead atoms. The molecule has 1 atom stereocenters. The van der Waals surface area contributed by atoms with Crippen molar-refractivity contribution >= 4 is 21.4 Å². The van der Waals surface area contributed by atoms with Gasteiger partial charge in [-0.25, -0.2) is 13.4 Å². The number of thiazole rings is 1. The monoisotopic (exact) mass is 264 g/mol.